The second kappa shape index (κ2) is 5.59. The number of aromatic nitrogens is 2. The lowest BCUT2D eigenvalue weighted by molar-refractivity contribution is 0.700. The SMILES string of the molecule is Cc1cccc(CC(N)c2snnc2C(C)C)c1. The predicted octanol–water partition coefficient (Wildman–Crippen LogP) is 3.21. The minimum atomic E-state index is -0.0100. The average Bonchev–Trinajstić information content (AvgIpc) is 2.77. The summed E-state index contributed by atoms with van der Waals surface area (Å²) >= 11 is 1.42. The highest BCUT2D eigenvalue weighted by Crippen LogP contribution is 2.27. The van der Waals surface area contributed by atoms with Crippen LogP contribution in [0.15, 0.2) is 24.3 Å². The van der Waals surface area contributed by atoms with E-state index in [2.05, 4.69) is 54.6 Å². The number of aryl methyl sites for hydroxylation is 1. The van der Waals surface area contributed by atoms with E-state index in [0.717, 1.165) is 17.0 Å². The molecule has 0 amide bonds. The third-order valence-electron chi connectivity index (χ3n) is 2.96. The monoisotopic (exact) mass is 261 g/mol. The molecule has 1 aromatic heterocycles. The molecule has 1 aromatic carbocycles. The summed E-state index contributed by atoms with van der Waals surface area (Å²) < 4.78 is 4.04. The normalized spacial score (nSPS) is 12.9. The van der Waals surface area contributed by atoms with Crippen molar-refractivity contribution in [2.24, 2.45) is 5.73 Å². The number of hydrogen-bond donors (Lipinski definition) is 1. The van der Waals surface area contributed by atoms with Crippen LogP contribution < -0.4 is 5.73 Å². The fourth-order valence-corrected chi connectivity index (χ4v) is 2.85. The van der Waals surface area contributed by atoms with Gasteiger partial charge in [0, 0.05) is 6.04 Å². The molecular formula is C14H19N3S. The molecule has 1 unspecified atom stereocenters. The molecule has 0 aliphatic heterocycles. The van der Waals surface area contributed by atoms with Crippen molar-refractivity contribution in [2.75, 3.05) is 0 Å². The summed E-state index contributed by atoms with van der Waals surface area (Å²) in [5.74, 6) is 0.377. The average molecular weight is 261 g/mol. The molecule has 0 saturated carbocycles. The van der Waals surface area contributed by atoms with Crippen molar-refractivity contribution in [1.82, 2.24) is 9.59 Å². The molecule has 1 atom stereocenters. The highest BCUT2D eigenvalue weighted by molar-refractivity contribution is 7.05. The molecule has 2 N–H and O–H groups in total. The van der Waals surface area contributed by atoms with Gasteiger partial charge >= 0.3 is 0 Å². The molecule has 0 spiro atoms. The van der Waals surface area contributed by atoms with Gasteiger partial charge in [0.1, 0.15) is 0 Å². The van der Waals surface area contributed by atoms with Gasteiger partial charge in [0.25, 0.3) is 0 Å². The summed E-state index contributed by atoms with van der Waals surface area (Å²) in [6.07, 6.45) is 0.839. The lowest BCUT2D eigenvalue weighted by atomic mass is 10.00. The summed E-state index contributed by atoms with van der Waals surface area (Å²) in [6.45, 7) is 6.35. The molecule has 0 saturated heterocycles. The van der Waals surface area contributed by atoms with Gasteiger partial charge in [-0.1, -0.05) is 48.2 Å². The molecule has 0 fully saturated rings. The minimum absolute atomic E-state index is 0.0100. The van der Waals surface area contributed by atoms with Gasteiger partial charge in [-0.25, -0.2) is 0 Å². The van der Waals surface area contributed by atoms with Gasteiger partial charge in [0.15, 0.2) is 0 Å². The van der Waals surface area contributed by atoms with Crippen molar-refractivity contribution >= 4 is 11.5 Å². The summed E-state index contributed by atoms with van der Waals surface area (Å²) in [5.41, 5.74) is 9.87. The predicted molar refractivity (Wildman–Crippen MR) is 75.8 cm³/mol. The fourth-order valence-electron chi connectivity index (χ4n) is 2.05. The fraction of sp³-hybridized carbons (Fsp3) is 0.429. The zero-order valence-electron chi connectivity index (χ0n) is 11.1. The van der Waals surface area contributed by atoms with Crippen LogP contribution in [0.25, 0.3) is 0 Å². The van der Waals surface area contributed by atoms with Crippen LogP contribution in [-0.2, 0) is 6.42 Å². The van der Waals surface area contributed by atoms with Crippen molar-refractivity contribution in [2.45, 2.75) is 39.2 Å². The zero-order chi connectivity index (χ0) is 13.1. The van der Waals surface area contributed by atoms with Gasteiger partial charge in [0.2, 0.25) is 0 Å². The van der Waals surface area contributed by atoms with E-state index in [1.165, 1.54) is 22.7 Å². The van der Waals surface area contributed by atoms with Crippen molar-refractivity contribution < 1.29 is 0 Å². The Labute approximate surface area is 112 Å². The Morgan fingerprint density at radius 2 is 2.11 bits per heavy atom. The Morgan fingerprint density at radius 1 is 1.33 bits per heavy atom. The van der Waals surface area contributed by atoms with Crippen LogP contribution in [-0.4, -0.2) is 9.59 Å². The lowest BCUT2D eigenvalue weighted by Crippen LogP contribution is -2.14. The number of hydrogen-bond acceptors (Lipinski definition) is 4. The third-order valence-corrected chi connectivity index (χ3v) is 3.83. The van der Waals surface area contributed by atoms with Crippen molar-refractivity contribution in [1.29, 1.82) is 0 Å². The largest absolute Gasteiger partial charge is 0.323 e. The molecule has 2 aromatic rings. The smallest absolute Gasteiger partial charge is 0.0829 e. The Hall–Kier alpha value is -1.26. The first-order valence-corrected chi connectivity index (χ1v) is 6.98. The quantitative estimate of drug-likeness (QED) is 0.919. The Kier molecular flexibility index (Phi) is 4.09. The second-order valence-corrected chi connectivity index (χ2v) is 5.76. The maximum Gasteiger partial charge on any atom is 0.0829 e. The van der Waals surface area contributed by atoms with Gasteiger partial charge in [-0.05, 0) is 36.4 Å². The Morgan fingerprint density at radius 3 is 2.78 bits per heavy atom. The van der Waals surface area contributed by atoms with E-state index in [4.69, 9.17) is 5.73 Å². The molecule has 2 rings (SSSR count). The number of rotatable bonds is 4. The van der Waals surface area contributed by atoms with Crippen molar-refractivity contribution in [3.8, 4) is 0 Å². The first kappa shape index (κ1) is 13.2. The van der Waals surface area contributed by atoms with Crippen LogP contribution in [0.3, 0.4) is 0 Å². The van der Waals surface area contributed by atoms with Crippen LogP contribution >= 0.6 is 11.5 Å². The second-order valence-electron chi connectivity index (χ2n) is 4.98. The van der Waals surface area contributed by atoms with Crippen molar-refractivity contribution in [3.63, 3.8) is 0 Å². The lowest BCUT2D eigenvalue weighted by Gasteiger charge is -2.12. The molecule has 96 valence electrons. The maximum atomic E-state index is 6.29. The van der Waals surface area contributed by atoms with E-state index in [0.29, 0.717) is 5.92 Å². The molecule has 0 radical (unpaired) electrons. The minimum Gasteiger partial charge on any atom is -0.323 e. The topological polar surface area (TPSA) is 51.8 Å². The molecule has 0 aliphatic carbocycles. The number of nitrogens with two attached hydrogens (primary N) is 1. The van der Waals surface area contributed by atoms with E-state index in [9.17, 15) is 0 Å². The van der Waals surface area contributed by atoms with Gasteiger partial charge in [-0.3, -0.25) is 0 Å². The zero-order valence-corrected chi connectivity index (χ0v) is 11.9. The maximum absolute atomic E-state index is 6.29. The summed E-state index contributed by atoms with van der Waals surface area (Å²) in [6, 6.07) is 8.47. The molecule has 1 heterocycles. The van der Waals surface area contributed by atoms with Gasteiger partial charge in [-0.2, -0.15) is 0 Å². The first-order valence-electron chi connectivity index (χ1n) is 6.21. The first-order chi connectivity index (χ1) is 8.58. The van der Waals surface area contributed by atoms with Crippen LogP contribution in [0.4, 0.5) is 0 Å². The van der Waals surface area contributed by atoms with E-state index in [-0.39, 0.29) is 6.04 Å². The number of nitrogens with zero attached hydrogens (tertiary/aromatic N) is 2. The van der Waals surface area contributed by atoms with Gasteiger partial charge in [0.05, 0.1) is 10.6 Å². The Bertz CT molecular complexity index is 519. The van der Waals surface area contributed by atoms with E-state index in [1.807, 2.05) is 0 Å². The van der Waals surface area contributed by atoms with Crippen LogP contribution in [0.2, 0.25) is 0 Å². The standard InChI is InChI=1S/C14H19N3S/c1-9(2)13-14(18-17-16-13)12(15)8-11-6-4-5-10(3)7-11/h4-7,9,12H,8,15H2,1-3H3. The summed E-state index contributed by atoms with van der Waals surface area (Å²) in [5, 5.41) is 4.18. The molecule has 18 heavy (non-hydrogen) atoms. The summed E-state index contributed by atoms with van der Waals surface area (Å²) in [7, 11) is 0. The van der Waals surface area contributed by atoms with E-state index >= 15 is 0 Å². The third kappa shape index (κ3) is 2.94. The Balaban J connectivity index is 2.17. The van der Waals surface area contributed by atoms with Gasteiger partial charge in [-0.15, -0.1) is 5.10 Å². The highest BCUT2D eigenvalue weighted by atomic mass is 32.1. The molecule has 4 heteroatoms. The molecular weight excluding hydrogens is 242 g/mol. The number of benzene rings is 1. The summed E-state index contributed by atoms with van der Waals surface area (Å²) in [4.78, 5) is 1.12. The van der Waals surface area contributed by atoms with Crippen molar-refractivity contribution in [3.05, 3.63) is 46.0 Å². The molecule has 0 aliphatic rings. The van der Waals surface area contributed by atoms with Crippen LogP contribution in [0, 0.1) is 6.92 Å². The molecule has 0 bridgehead atoms. The van der Waals surface area contributed by atoms with Crippen LogP contribution in [0.1, 0.15) is 47.5 Å². The van der Waals surface area contributed by atoms with E-state index in [1.54, 1.807) is 0 Å². The molecule has 3 nitrogen and oxygen atoms in total. The van der Waals surface area contributed by atoms with Crippen LogP contribution in [0.5, 0.6) is 0 Å². The highest BCUT2D eigenvalue weighted by Gasteiger charge is 2.18. The van der Waals surface area contributed by atoms with E-state index < -0.39 is 0 Å². The van der Waals surface area contributed by atoms with Gasteiger partial charge < -0.3 is 5.73 Å².